The molecule has 0 aliphatic heterocycles. The first kappa shape index (κ1) is 10.2. The van der Waals surface area contributed by atoms with Gasteiger partial charge in [-0.05, 0) is 6.07 Å². The second-order valence-corrected chi connectivity index (χ2v) is 2.57. The molecule has 1 aromatic heterocycles. The van der Waals surface area contributed by atoms with Crippen LogP contribution in [0, 0.1) is 10.1 Å². The number of hydrogen-bond donors (Lipinski definition) is 3. The van der Waals surface area contributed by atoms with Crippen molar-refractivity contribution in [1.82, 2.24) is 4.98 Å². The largest absolute Gasteiger partial charge is 0.378 e. The zero-order chi connectivity index (χ0) is 10.6. The van der Waals surface area contributed by atoms with Gasteiger partial charge in [0.1, 0.15) is 5.82 Å². The minimum Gasteiger partial charge on any atom is -0.378 e. The number of nitrogens with two attached hydrogens (primary N) is 2. The Bertz CT molecular complexity index is 341. The smallest absolute Gasteiger partial charge is 0.311 e. The molecule has 76 valence electrons. The number of anilines is 2. The molecule has 7 nitrogen and oxygen atoms in total. The third-order valence-electron chi connectivity index (χ3n) is 1.55. The van der Waals surface area contributed by atoms with E-state index in [0.717, 1.165) is 0 Å². The molecule has 1 aromatic rings. The van der Waals surface area contributed by atoms with Crippen molar-refractivity contribution in [2.24, 2.45) is 5.73 Å². The lowest BCUT2D eigenvalue weighted by Gasteiger charge is -2.03. The molecule has 0 saturated carbocycles. The third kappa shape index (κ3) is 2.30. The molecule has 5 N–H and O–H groups in total. The van der Waals surface area contributed by atoms with Crippen molar-refractivity contribution in [2.45, 2.75) is 0 Å². The van der Waals surface area contributed by atoms with E-state index in [1.807, 2.05) is 0 Å². The van der Waals surface area contributed by atoms with Crippen molar-refractivity contribution in [1.29, 1.82) is 0 Å². The maximum absolute atomic E-state index is 10.4. The molecule has 0 bridgehead atoms. The van der Waals surface area contributed by atoms with Gasteiger partial charge in [0.15, 0.2) is 0 Å². The van der Waals surface area contributed by atoms with E-state index in [4.69, 9.17) is 11.5 Å². The molecule has 7 heteroatoms. The van der Waals surface area contributed by atoms with Crippen molar-refractivity contribution in [2.75, 3.05) is 24.1 Å². The molecule has 0 aromatic carbocycles. The number of pyridine rings is 1. The number of nitrogens with zero attached hydrogens (tertiary/aromatic N) is 2. The highest BCUT2D eigenvalue weighted by Crippen LogP contribution is 2.20. The van der Waals surface area contributed by atoms with E-state index in [9.17, 15) is 10.1 Å². The number of nitrogens with one attached hydrogen (secondary N) is 1. The van der Waals surface area contributed by atoms with Crippen molar-refractivity contribution < 1.29 is 4.92 Å². The van der Waals surface area contributed by atoms with Crippen LogP contribution in [-0.4, -0.2) is 23.0 Å². The second-order valence-electron chi connectivity index (χ2n) is 2.57. The van der Waals surface area contributed by atoms with Crippen LogP contribution in [0.3, 0.4) is 0 Å². The molecule has 0 atom stereocenters. The summed E-state index contributed by atoms with van der Waals surface area (Å²) in [5, 5.41) is 13.3. The van der Waals surface area contributed by atoms with Gasteiger partial charge in [-0.25, -0.2) is 4.98 Å². The SMILES string of the molecule is NCCNc1ccc([N+](=O)[O-])c(N)n1. The van der Waals surface area contributed by atoms with Crippen molar-refractivity contribution in [3.8, 4) is 0 Å². The van der Waals surface area contributed by atoms with Gasteiger partial charge in [0.25, 0.3) is 0 Å². The normalized spacial score (nSPS) is 9.79. The summed E-state index contributed by atoms with van der Waals surface area (Å²) < 4.78 is 0. The number of nitrogen functional groups attached to an aromatic ring is 1. The quantitative estimate of drug-likeness (QED) is 0.459. The van der Waals surface area contributed by atoms with E-state index in [0.29, 0.717) is 18.9 Å². The fourth-order valence-electron chi connectivity index (χ4n) is 0.921. The number of nitro groups is 1. The zero-order valence-corrected chi connectivity index (χ0v) is 7.43. The van der Waals surface area contributed by atoms with Crippen LogP contribution in [0.1, 0.15) is 0 Å². The molecule has 1 heterocycles. The monoisotopic (exact) mass is 197 g/mol. The van der Waals surface area contributed by atoms with E-state index >= 15 is 0 Å². The number of rotatable bonds is 4. The van der Waals surface area contributed by atoms with Crippen molar-refractivity contribution in [3.63, 3.8) is 0 Å². The van der Waals surface area contributed by atoms with Gasteiger partial charge in [-0.15, -0.1) is 0 Å². The summed E-state index contributed by atoms with van der Waals surface area (Å²) in [6.45, 7) is 1.00. The average molecular weight is 197 g/mol. The van der Waals surface area contributed by atoms with Crippen LogP contribution >= 0.6 is 0 Å². The predicted molar refractivity (Wildman–Crippen MR) is 52.8 cm³/mol. The van der Waals surface area contributed by atoms with Gasteiger partial charge in [-0.3, -0.25) is 10.1 Å². The molecule has 0 unspecified atom stereocenters. The van der Waals surface area contributed by atoms with Gasteiger partial charge in [-0.2, -0.15) is 0 Å². The van der Waals surface area contributed by atoms with E-state index in [-0.39, 0.29) is 11.5 Å². The number of aromatic nitrogens is 1. The van der Waals surface area contributed by atoms with Gasteiger partial charge in [0.05, 0.1) is 4.92 Å². The van der Waals surface area contributed by atoms with Crippen LogP contribution in [-0.2, 0) is 0 Å². The summed E-state index contributed by atoms with van der Waals surface area (Å²) >= 11 is 0. The summed E-state index contributed by atoms with van der Waals surface area (Å²) in [6, 6.07) is 2.80. The zero-order valence-electron chi connectivity index (χ0n) is 7.43. The minimum absolute atomic E-state index is 0.1000. The van der Waals surface area contributed by atoms with E-state index in [1.165, 1.54) is 12.1 Å². The third-order valence-corrected chi connectivity index (χ3v) is 1.55. The highest BCUT2D eigenvalue weighted by Gasteiger charge is 2.12. The van der Waals surface area contributed by atoms with Crippen LogP contribution in [0.25, 0.3) is 0 Å². The Morgan fingerprint density at radius 3 is 2.79 bits per heavy atom. The Balaban J connectivity index is 2.83. The lowest BCUT2D eigenvalue weighted by atomic mass is 10.4. The maximum Gasteiger partial charge on any atom is 0.311 e. The van der Waals surface area contributed by atoms with Crippen LogP contribution in [0.15, 0.2) is 12.1 Å². The molecule has 0 amide bonds. The Labute approximate surface area is 80.3 Å². The summed E-state index contributed by atoms with van der Waals surface area (Å²) in [4.78, 5) is 13.6. The van der Waals surface area contributed by atoms with Crippen molar-refractivity contribution in [3.05, 3.63) is 22.2 Å². The molecule has 14 heavy (non-hydrogen) atoms. The summed E-state index contributed by atoms with van der Waals surface area (Å²) in [6.07, 6.45) is 0. The molecule has 0 spiro atoms. The predicted octanol–water partition coefficient (Wildman–Crippen LogP) is -0.0574. The van der Waals surface area contributed by atoms with Crippen LogP contribution in [0.4, 0.5) is 17.3 Å². The fraction of sp³-hybridized carbons (Fsp3) is 0.286. The van der Waals surface area contributed by atoms with Gasteiger partial charge < -0.3 is 16.8 Å². The number of hydrogen-bond acceptors (Lipinski definition) is 6. The van der Waals surface area contributed by atoms with Crippen LogP contribution in [0.5, 0.6) is 0 Å². The highest BCUT2D eigenvalue weighted by atomic mass is 16.6. The van der Waals surface area contributed by atoms with Crippen molar-refractivity contribution >= 4 is 17.3 Å². The lowest BCUT2D eigenvalue weighted by molar-refractivity contribution is -0.384. The Kier molecular flexibility index (Phi) is 3.19. The molecule has 0 aliphatic rings. The van der Waals surface area contributed by atoms with Gasteiger partial charge in [0.2, 0.25) is 5.82 Å². The summed E-state index contributed by atoms with van der Waals surface area (Å²) in [5.74, 6) is 0.385. The Hall–Kier alpha value is -1.89. The fourth-order valence-corrected chi connectivity index (χ4v) is 0.921. The first-order chi connectivity index (χ1) is 6.65. The first-order valence-corrected chi connectivity index (χ1v) is 4.00. The highest BCUT2D eigenvalue weighted by molar-refractivity contribution is 5.57. The molecule has 0 radical (unpaired) electrons. The molecular weight excluding hydrogens is 186 g/mol. The molecule has 0 fully saturated rings. The Morgan fingerprint density at radius 2 is 2.29 bits per heavy atom. The maximum atomic E-state index is 10.4. The topological polar surface area (TPSA) is 120 Å². The minimum atomic E-state index is -0.574. The van der Waals surface area contributed by atoms with Gasteiger partial charge in [0, 0.05) is 19.2 Å². The van der Waals surface area contributed by atoms with Crippen LogP contribution < -0.4 is 16.8 Å². The first-order valence-electron chi connectivity index (χ1n) is 4.00. The summed E-state index contributed by atoms with van der Waals surface area (Å²) in [5.41, 5.74) is 10.4. The van der Waals surface area contributed by atoms with E-state index in [1.54, 1.807) is 0 Å². The lowest BCUT2D eigenvalue weighted by Crippen LogP contribution is -2.14. The molecule has 0 aliphatic carbocycles. The van der Waals surface area contributed by atoms with E-state index < -0.39 is 4.92 Å². The van der Waals surface area contributed by atoms with E-state index in [2.05, 4.69) is 10.3 Å². The van der Waals surface area contributed by atoms with Gasteiger partial charge in [-0.1, -0.05) is 0 Å². The average Bonchev–Trinajstić information content (AvgIpc) is 2.14. The van der Waals surface area contributed by atoms with Gasteiger partial charge >= 0.3 is 5.69 Å². The Morgan fingerprint density at radius 1 is 1.57 bits per heavy atom. The molecule has 1 rings (SSSR count). The standard InChI is InChI=1S/C7H11N5O2/c8-3-4-10-6-2-1-5(12(13)14)7(9)11-6/h1-2H,3-4,8H2,(H3,9,10,11). The van der Waals surface area contributed by atoms with Crippen LogP contribution in [0.2, 0.25) is 0 Å². The summed E-state index contributed by atoms with van der Waals surface area (Å²) in [7, 11) is 0. The molecule has 0 saturated heterocycles. The second kappa shape index (κ2) is 4.38. The molecular formula is C7H11N5O2.